The van der Waals surface area contributed by atoms with Gasteiger partial charge >= 0.3 is 0 Å². The first-order chi connectivity index (χ1) is 11.0. The Morgan fingerprint density at radius 2 is 2.13 bits per heavy atom. The lowest BCUT2D eigenvalue weighted by molar-refractivity contribution is -0.114. The molecule has 2 aliphatic carbocycles. The van der Waals surface area contributed by atoms with E-state index in [2.05, 4.69) is 4.90 Å². The van der Waals surface area contributed by atoms with Crippen LogP contribution in [0.25, 0.3) is 0 Å². The van der Waals surface area contributed by atoms with Gasteiger partial charge in [0.15, 0.2) is 17.3 Å². The highest BCUT2D eigenvalue weighted by atomic mass is 16.5. The van der Waals surface area contributed by atoms with Crippen LogP contribution in [-0.4, -0.2) is 47.6 Å². The molecule has 2 bridgehead atoms. The van der Waals surface area contributed by atoms with Crippen LogP contribution in [0.4, 0.5) is 0 Å². The first-order valence-corrected chi connectivity index (χ1v) is 7.75. The van der Waals surface area contributed by atoms with E-state index in [0.29, 0.717) is 12.2 Å². The van der Waals surface area contributed by atoms with Gasteiger partial charge in [0.2, 0.25) is 5.78 Å². The van der Waals surface area contributed by atoms with Crippen molar-refractivity contribution in [2.75, 3.05) is 20.7 Å². The fourth-order valence-electron chi connectivity index (χ4n) is 4.35. The number of likely N-dealkylation sites (N-methyl/N-ethyl adjacent to an activating group) is 1. The Hall–Kier alpha value is -2.27. The van der Waals surface area contributed by atoms with E-state index in [-0.39, 0.29) is 23.3 Å². The summed E-state index contributed by atoms with van der Waals surface area (Å²) in [4.78, 5) is 14.2. The number of carbonyl (C=O) groups is 1. The number of hydrogen-bond acceptors (Lipinski definition) is 5. The molecule has 0 spiro atoms. The SMILES string of the molecule is COc1ccc2c(c1O)[C@@]13C=C(O)C(=O)C=C1[C@H](C2)N(C)CC3. The summed E-state index contributed by atoms with van der Waals surface area (Å²) in [5, 5.41) is 20.8. The minimum Gasteiger partial charge on any atom is -0.504 e. The molecular formula is C18H19NO4. The minimum absolute atomic E-state index is 0.109. The van der Waals surface area contributed by atoms with Gasteiger partial charge in [-0.1, -0.05) is 6.07 Å². The van der Waals surface area contributed by atoms with Crippen molar-refractivity contribution in [2.45, 2.75) is 24.3 Å². The lowest BCUT2D eigenvalue weighted by Crippen LogP contribution is -2.54. The predicted octanol–water partition coefficient (Wildman–Crippen LogP) is 1.85. The van der Waals surface area contributed by atoms with E-state index in [0.717, 1.165) is 29.7 Å². The first-order valence-electron chi connectivity index (χ1n) is 7.75. The average Bonchev–Trinajstić information content (AvgIpc) is 2.52. The topological polar surface area (TPSA) is 70.0 Å². The number of aliphatic hydroxyl groups is 1. The van der Waals surface area contributed by atoms with Crippen molar-refractivity contribution < 1.29 is 19.7 Å². The van der Waals surface area contributed by atoms with Crippen LogP contribution in [0.5, 0.6) is 11.5 Å². The molecule has 4 rings (SSSR count). The summed E-state index contributed by atoms with van der Waals surface area (Å²) in [5.41, 5.74) is 2.15. The summed E-state index contributed by atoms with van der Waals surface area (Å²) in [6.07, 6.45) is 4.62. The van der Waals surface area contributed by atoms with Gasteiger partial charge < -0.3 is 14.9 Å². The molecule has 23 heavy (non-hydrogen) atoms. The zero-order valence-corrected chi connectivity index (χ0v) is 13.2. The molecule has 2 atom stereocenters. The van der Waals surface area contributed by atoms with Gasteiger partial charge in [-0.2, -0.15) is 0 Å². The summed E-state index contributed by atoms with van der Waals surface area (Å²) in [7, 11) is 3.57. The number of ether oxygens (including phenoxy) is 1. The Morgan fingerprint density at radius 3 is 2.87 bits per heavy atom. The molecule has 1 fully saturated rings. The van der Waals surface area contributed by atoms with E-state index in [4.69, 9.17) is 4.74 Å². The molecule has 5 nitrogen and oxygen atoms in total. The number of nitrogens with zero attached hydrogens (tertiary/aromatic N) is 1. The maximum absolute atomic E-state index is 12.0. The van der Waals surface area contributed by atoms with Crippen LogP contribution in [-0.2, 0) is 16.6 Å². The van der Waals surface area contributed by atoms with Crippen molar-refractivity contribution in [3.8, 4) is 11.5 Å². The van der Waals surface area contributed by atoms with Gasteiger partial charge in [0.05, 0.1) is 7.11 Å². The van der Waals surface area contributed by atoms with Crippen LogP contribution in [0, 0.1) is 0 Å². The number of carbonyl (C=O) groups excluding carboxylic acids is 1. The molecule has 5 heteroatoms. The third-order valence-corrected chi connectivity index (χ3v) is 5.49. The Kier molecular flexibility index (Phi) is 2.87. The highest BCUT2D eigenvalue weighted by Crippen LogP contribution is 2.55. The van der Waals surface area contributed by atoms with Crippen molar-refractivity contribution in [1.29, 1.82) is 0 Å². The van der Waals surface area contributed by atoms with Crippen molar-refractivity contribution in [3.63, 3.8) is 0 Å². The number of aromatic hydroxyl groups is 1. The number of hydrogen-bond donors (Lipinski definition) is 2. The highest BCUT2D eigenvalue weighted by Gasteiger charge is 2.51. The molecule has 1 aromatic carbocycles. The number of aliphatic hydroxyl groups excluding tert-OH is 1. The van der Waals surface area contributed by atoms with Gasteiger partial charge in [-0.05, 0) is 55.8 Å². The molecule has 1 saturated heterocycles. The number of fused-ring (bicyclic) bond motifs is 1. The van der Waals surface area contributed by atoms with Crippen molar-refractivity contribution >= 4 is 5.78 Å². The Bertz CT molecular complexity index is 779. The molecule has 0 amide bonds. The monoisotopic (exact) mass is 313 g/mol. The van der Waals surface area contributed by atoms with Crippen molar-refractivity contribution in [3.05, 3.63) is 46.7 Å². The second kappa shape index (κ2) is 4.61. The number of phenols is 1. The largest absolute Gasteiger partial charge is 0.504 e. The number of rotatable bonds is 1. The van der Waals surface area contributed by atoms with Crippen LogP contribution in [0.15, 0.2) is 35.6 Å². The summed E-state index contributed by atoms with van der Waals surface area (Å²) in [6, 6.07) is 3.85. The fraction of sp³-hybridized carbons (Fsp3) is 0.389. The lowest BCUT2D eigenvalue weighted by atomic mass is 9.58. The smallest absolute Gasteiger partial charge is 0.219 e. The van der Waals surface area contributed by atoms with Crippen molar-refractivity contribution in [2.24, 2.45) is 0 Å². The molecule has 120 valence electrons. The zero-order chi connectivity index (χ0) is 16.4. The molecule has 0 radical (unpaired) electrons. The van der Waals surface area contributed by atoms with E-state index in [1.54, 1.807) is 18.2 Å². The number of piperidine rings is 1. The highest BCUT2D eigenvalue weighted by molar-refractivity contribution is 6.05. The molecule has 1 aliphatic heterocycles. The quantitative estimate of drug-likeness (QED) is 0.828. The van der Waals surface area contributed by atoms with Crippen LogP contribution in [0.2, 0.25) is 0 Å². The predicted molar refractivity (Wildman–Crippen MR) is 84.9 cm³/mol. The molecular weight excluding hydrogens is 294 g/mol. The summed E-state index contributed by atoms with van der Waals surface area (Å²) in [5.74, 6) is -0.0779. The van der Waals surface area contributed by atoms with E-state index in [1.165, 1.54) is 7.11 Å². The van der Waals surface area contributed by atoms with E-state index in [9.17, 15) is 15.0 Å². The normalized spacial score (nSPS) is 29.3. The molecule has 0 saturated carbocycles. The van der Waals surface area contributed by atoms with E-state index >= 15 is 0 Å². The number of phenolic OH excluding ortho intramolecular Hbond substituents is 1. The molecule has 1 aromatic rings. The third-order valence-electron chi connectivity index (χ3n) is 5.49. The molecule has 0 unspecified atom stereocenters. The summed E-state index contributed by atoms with van der Waals surface area (Å²) < 4.78 is 5.26. The molecule has 3 aliphatic rings. The summed E-state index contributed by atoms with van der Waals surface area (Å²) >= 11 is 0. The maximum Gasteiger partial charge on any atom is 0.219 e. The number of benzene rings is 1. The van der Waals surface area contributed by atoms with Crippen molar-refractivity contribution in [1.82, 2.24) is 4.90 Å². The first kappa shape index (κ1) is 14.3. The second-order valence-electron chi connectivity index (χ2n) is 6.57. The number of allylic oxidation sites excluding steroid dienone is 2. The lowest BCUT2D eigenvalue weighted by Gasteiger charge is -2.52. The van der Waals surface area contributed by atoms with Gasteiger partial charge in [0.1, 0.15) is 0 Å². The average molecular weight is 313 g/mol. The maximum atomic E-state index is 12.0. The Labute approximate surface area is 134 Å². The summed E-state index contributed by atoms with van der Waals surface area (Å²) in [6.45, 7) is 0.829. The standard InChI is InChI=1S/C18H19NO4/c1-19-6-5-18-9-14(21)13(20)8-11(18)12(19)7-10-3-4-15(23-2)17(22)16(10)18/h3-4,8-9,12,21-22H,5-7H2,1-2H3/t12-,18-/m0/s1. The van der Waals surface area contributed by atoms with Gasteiger partial charge in [-0.25, -0.2) is 0 Å². The third kappa shape index (κ3) is 1.74. The number of methoxy groups -OCH3 is 1. The van der Waals surface area contributed by atoms with Gasteiger partial charge in [0, 0.05) is 17.0 Å². The zero-order valence-electron chi connectivity index (χ0n) is 13.2. The minimum atomic E-state index is -0.624. The van der Waals surface area contributed by atoms with Gasteiger partial charge in [0.25, 0.3) is 0 Å². The molecule has 2 N–H and O–H groups in total. The molecule has 0 aromatic heterocycles. The van der Waals surface area contributed by atoms with Crippen LogP contribution >= 0.6 is 0 Å². The second-order valence-corrected chi connectivity index (χ2v) is 6.57. The van der Waals surface area contributed by atoms with Crippen LogP contribution < -0.4 is 4.74 Å². The Morgan fingerprint density at radius 1 is 1.35 bits per heavy atom. The van der Waals surface area contributed by atoms with Crippen LogP contribution in [0.1, 0.15) is 17.5 Å². The molecule has 1 heterocycles. The van der Waals surface area contributed by atoms with E-state index < -0.39 is 5.41 Å². The van der Waals surface area contributed by atoms with E-state index in [1.807, 2.05) is 13.1 Å². The van der Waals surface area contributed by atoms with Gasteiger partial charge in [-0.15, -0.1) is 0 Å². The Balaban J connectivity index is 2.04. The fourth-order valence-corrected chi connectivity index (χ4v) is 4.35. The van der Waals surface area contributed by atoms with Crippen LogP contribution in [0.3, 0.4) is 0 Å². The number of ketones is 1. The number of likely N-dealkylation sites (tertiary alicyclic amines) is 1. The van der Waals surface area contributed by atoms with Gasteiger partial charge in [-0.3, -0.25) is 9.69 Å².